The van der Waals surface area contributed by atoms with Crippen molar-refractivity contribution < 1.29 is 18.0 Å². The molecule has 0 radical (unpaired) electrons. The number of alkyl halides is 3. The number of nitrogens with zero attached hydrogens (tertiary/aromatic N) is 2. The van der Waals surface area contributed by atoms with Crippen LogP contribution in [-0.4, -0.2) is 30.0 Å². The average Bonchev–Trinajstić information content (AvgIpc) is 3.27. The molecule has 1 N–H and O–H groups in total. The Morgan fingerprint density at radius 3 is 2.54 bits per heavy atom. The van der Waals surface area contributed by atoms with Gasteiger partial charge < -0.3 is 10.2 Å². The number of halogens is 3. The smallest absolute Gasteiger partial charge is 0.354 e. The van der Waals surface area contributed by atoms with Crippen LogP contribution in [0.15, 0.2) is 70.6 Å². The minimum atomic E-state index is -4.48. The molecule has 0 bridgehead atoms. The molecule has 1 saturated heterocycles. The van der Waals surface area contributed by atoms with Crippen LogP contribution in [0.3, 0.4) is 0 Å². The van der Waals surface area contributed by atoms with Crippen LogP contribution >= 0.6 is 11.8 Å². The van der Waals surface area contributed by atoms with Crippen LogP contribution in [0.1, 0.15) is 44.2 Å². The van der Waals surface area contributed by atoms with Gasteiger partial charge in [0.1, 0.15) is 5.82 Å². The van der Waals surface area contributed by atoms with Crippen molar-refractivity contribution in [3.63, 3.8) is 0 Å². The molecule has 1 aliphatic heterocycles. The lowest BCUT2D eigenvalue weighted by Gasteiger charge is -2.19. The van der Waals surface area contributed by atoms with Gasteiger partial charge in [-0.3, -0.25) is 4.79 Å². The Morgan fingerprint density at radius 2 is 1.83 bits per heavy atom. The summed E-state index contributed by atoms with van der Waals surface area (Å²) in [5.41, 5.74) is 1.53. The molecule has 35 heavy (non-hydrogen) atoms. The highest BCUT2D eigenvalue weighted by molar-refractivity contribution is 7.99. The van der Waals surface area contributed by atoms with E-state index in [1.807, 2.05) is 49.1 Å². The van der Waals surface area contributed by atoms with Crippen LogP contribution in [0.25, 0.3) is 11.1 Å². The van der Waals surface area contributed by atoms with Gasteiger partial charge in [-0.15, -0.1) is 0 Å². The third-order valence-corrected chi connectivity index (χ3v) is 7.21. The summed E-state index contributed by atoms with van der Waals surface area (Å²) in [5.74, 6) is 0.818. The molecule has 1 amide bonds. The molecule has 2 heterocycles. The first-order chi connectivity index (χ1) is 16.6. The predicted octanol–water partition coefficient (Wildman–Crippen LogP) is 6.76. The number of hydrogen-bond donors (Lipinski definition) is 1. The van der Waals surface area contributed by atoms with Crippen molar-refractivity contribution in [2.24, 2.45) is 0 Å². The number of benzene rings is 2. The number of amides is 1. The minimum Gasteiger partial charge on any atom is -0.354 e. The fourth-order valence-electron chi connectivity index (χ4n) is 4.33. The third-order valence-electron chi connectivity index (χ3n) is 6.04. The summed E-state index contributed by atoms with van der Waals surface area (Å²) in [4.78, 5) is 18.8. The Kier molecular flexibility index (Phi) is 7.40. The first-order valence-electron chi connectivity index (χ1n) is 11.6. The number of carbonyl (C=O) groups excluding carboxylic acids is 1. The van der Waals surface area contributed by atoms with Crippen molar-refractivity contribution >= 4 is 23.5 Å². The van der Waals surface area contributed by atoms with Crippen LogP contribution in [0.5, 0.6) is 0 Å². The molecule has 4 rings (SSSR count). The first-order valence-corrected chi connectivity index (χ1v) is 12.4. The van der Waals surface area contributed by atoms with Crippen LogP contribution in [0.2, 0.25) is 0 Å². The maximum absolute atomic E-state index is 14.1. The van der Waals surface area contributed by atoms with Gasteiger partial charge in [-0.2, -0.15) is 13.2 Å². The second kappa shape index (κ2) is 10.3. The summed E-state index contributed by atoms with van der Waals surface area (Å²) in [6.45, 7) is 6.90. The molecule has 1 aromatic heterocycles. The lowest BCUT2D eigenvalue weighted by Crippen LogP contribution is -2.35. The number of hydrogen-bond acceptors (Lipinski definition) is 4. The van der Waals surface area contributed by atoms with E-state index in [9.17, 15) is 18.0 Å². The van der Waals surface area contributed by atoms with Gasteiger partial charge in [0, 0.05) is 42.0 Å². The molecule has 1 aliphatic rings. The van der Waals surface area contributed by atoms with Crippen molar-refractivity contribution in [1.82, 2.24) is 10.3 Å². The number of aromatic nitrogens is 1. The maximum Gasteiger partial charge on any atom is 0.417 e. The summed E-state index contributed by atoms with van der Waals surface area (Å²) >= 11 is 1.15. The van der Waals surface area contributed by atoms with Gasteiger partial charge in [0.2, 0.25) is 5.91 Å². The maximum atomic E-state index is 14.1. The van der Waals surface area contributed by atoms with E-state index in [1.165, 1.54) is 13.0 Å². The van der Waals surface area contributed by atoms with E-state index in [2.05, 4.69) is 10.3 Å². The zero-order chi connectivity index (χ0) is 25.2. The van der Waals surface area contributed by atoms with Crippen molar-refractivity contribution in [1.29, 1.82) is 0 Å². The largest absolute Gasteiger partial charge is 0.417 e. The van der Waals surface area contributed by atoms with Crippen LogP contribution in [0.4, 0.5) is 19.0 Å². The molecule has 1 fully saturated rings. The van der Waals surface area contributed by atoms with Gasteiger partial charge in [-0.1, -0.05) is 49.9 Å². The van der Waals surface area contributed by atoms with Crippen molar-refractivity contribution in [3.8, 4) is 11.1 Å². The monoisotopic (exact) mass is 499 g/mol. The molecule has 0 aliphatic carbocycles. The van der Waals surface area contributed by atoms with Gasteiger partial charge in [0.05, 0.1) is 5.56 Å². The zero-order valence-corrected chi connectivity index (χ0v) is 20.7. The Labute approximate surface area is 207 Å². The molecule has 0 unspecified atom stereocenters. The molecule has 0 saturated carbocycles. The fourth-order valence-corrected chi connectivity index (χ4v) is 5.56. The lowest BCUT2D eigenvalue weighted by molar-refractivity contribution is -0.139. The fraction of sp³-hybridized carbons (Fsp3) is 0.333. The predicted molar refractivity (Wildman–Crippen MR) is 134 cm³/mol. The van der Waals surface area contributed by atoms with E-state index in [1.54, 1.807) is 24.4 Å². The first kappa shape index (κ1) is 25.1. The van der Waals surface area contributed by atoms with E-state index >= 15 is 0 Å². The number of carbonyl (C=O) groups is 1. The van der Waals surface area contributed by atoms with Gasteiger partial charge in [-0.25, -0.2) is 4.98 Å². The van der Waals surface area contributed by atoms with E-state index in [0.29, 0.717) is 23.5 Å². The molecular weight excluding hydrogens is 471 g/mol. The van der Waals surface area contributed by atoms with Crippen LogP contribution < -0.4 is 10.2 Å². The van der Waals surface area contributed by atoms with E-state index < -0.39 is 11.7 Å². The van der Waals surface area contributed by atoms with Crippen LogP contribution in [0, 0.1) is 0 Å². The highest BCUT2D eigenvalue weighted by Crippen LogP contribution is 2.43. The third kappa shape index (κ3) is 5.99. The standard InChI is InChI=1S/C27H28F3N3OS/c1-17(2)22-6-4-5-7-24(22)35-25-9-8-19(14-23(25)27(28,29)30)20-10-12-31-26(15-20)33-13-11-21(16-33)32-18(3)34/h4-10,12,14-15,17,21H,11,13,16H2,1-3H3,(H,32,34)/t21-/m1/s1. The van der Waals surface area contributed by atoms with Crippen molar-refractivity contribution in [2.75, 3.05) is 18.0 Å². The quantitative estimate of drug-likeness (QED) is 0.407. The Balaban J connectivity index is 1.64. The summed E-state index contributed by atoms with van der Waals surface area (Å²) in [7, 11) is 0. The number of nitrogens with one attached hydrogen (secondary N) is 1. The molecule has 3 aromatic rings. The summed E-state index contributed by atoms with van der Waals surface area (Å²) in [5, 5.41) is 2.91. The second-order valence-electron chi connectivity index (χ2n) is 9.04. The molecule has 2 aromatic carbocycles. The SMILES string of the molecule is CC(=O)N[C@@H]1CCN(c2cc(-c3ccc(Sc4ccccc4C(C)C)c(C(F)(F)F)c3)ccn2)C1. The van der Waals surface area contributed by atoms with Crippen molar-refractivity contribution in [2.45, 2.75) is 55.1 Å². The Morgan fingerprint density at radius 1 is 1.09 bits per heavy atom. The Hall–Kier alpha value is -3.00. The lowest BCUT2D eigenvalue weighted by atomic mass is 10.0. The van der Waals surface area contributed by atoms with E-state index in [0.717, 1.165) is 35.2 Å². The highest BCUT2D eigenvalue weighted by atomic mass is 32.2. The van der Waals surface area contributed by atoms with Gasteiger partial charge >= 0.3 is 6.18 Å². The van der Waals surface area contributed by atoms with E-state index in [4.69, 9.17) is 0 Å². The molecular formula is C27H28F3N3OS. The van der Waals surface area contributed by atoms with E-state index in [-0.39, 0.29) is 22.8 Å². The van der Waals surface area contributed by atoms with Gasteiger partial charge in [0.25, 0.3) is 0 Å². The topological polar surface area (TPSA) is 45.2 Å². The molecule has 8 heteroatoms. The second-order valence-corrected chi connectivity index (χ2v) is 10.1. The highest BCUT2D eigenvalue weighted by Gasteiger charge is 2.34. The summed E-state index contributed by atoms with van der Waals surface area (Å²) < 4.78 is 42.3. The number of pyridine rings is 1. The van der Waals surface area contributed by atoms with Crippen LogP contribution in [-0.2, 0) is 11.0 Å². The average molecular weight is 500 g/mol. The van der Waals surface area contributed by atoms with Gasteiger partial charge in [0.15, 0.2) is 0 Å². The zero-order valence-electron chi connectivity index (χ0n) is 19.9. The number of anilines is 1. The summed E-state index contributed by atoms with van der Waals surface area (Å²) in [6.07, 6.45) is -2.07. The van der Waals surface area contributed by atoms with Crippen molar-refractivity contribution in [3.05, 3.63) is 71.9 Å². The molecule has 0 spiro atoms. The summed E-state index contributed by atoms with van der Waals surface area (Å²) in [6, 6.07) is 15.7. The molecule has 184 valence electrons. The Bertz CT molecular complexity index is 1210. The molecule has 4 nitrogen and oxygen atoms in total. The minimum absolute atomic E-state index is 0.0415. The normalized spacial score (nSPS) is 16.1. The molecule has 1 atom stereocenters. The number of rotatable bonds is 6. The van der Waals surface area contributed by atoms with Gasteiger partial charge in [-0.05, 0) is 59.4 Å².